The molecule has 0 aromatic rings. The van der Waals surface area contributed by atoms with Crippen LogP contribution in [0.15, 0.2) is 0 Å². The lowest BCUT2D eigenvalue weighted by molar-refractivity contribution is -0.227. The lowest BCUT2D eigenvalue weighted by atomic mass is 9.50. The fourth-order valence-corrected chi connectivity index (χ4v) is 9.72. The molecule has 8 aliphatic rings. The third kappa shape index (κ3) is 4.14. The molecule has 6 nitrogen and oxygen atoms in total. The number of hydrogen-bond acceptors (Lipinski definition) is 6. The molecule has 6 heteroatoms. The van der Waals surface area contributed by atoms with E-state index in [1.807, 2.05) is 6.92 Å². The van der Waals surface area contributed by atoms with Gasteiger partial charge in [-0.25, -0.2) is 9.59 Å². The van der Waals surface area contributed by atoms with Gasteiger partial charge < -0.3 is 14.2 Å². The van der Waals surface area contributed by atoms with Crippen molar-refractivity contribution in [3.63, 3.8) is 0 Å². The van der Waals surface area contributed by atoms with E-state index in [0.29, 0.717) is 30.1 Å². The Labute approximate surface area is 221 Å². The van der Waals surface area contributed by atoms with Crippen molar-refractivity contribution < 1.29 is 28.6 Å². The number of hydrogen-bond donors (Lipinski definition) is 0. The van der Waals surface area contributed by atoms with Gasteiger partial charge in [-0.2, -0.15) is 0 Å². The maximum Gasteiger partial charge on any atom is 0.359 e. The summed E-state index contributed by atoms with van der Waals surface area (Å²) >= 11 is 0. The van der Waals surface area contributed by atoms with Gasteiger partial charge in [-0.3, -0.25) is 4.79 Å². The number of esters is 3. The summed E-state index contributed by atoms with van der Waals surface area (Å²) in [5.41, 5.74) is -2.03. The maximum absolute atomic E-state index is 13.8. The van der Waals surface area contributed by atoms with Crippen molar-refractivity contribution in [1.29, 1.82) is 0 Å². The van der Waals surface area contributed by atoms with Crippen molar-refractivity contribution in [1.82, 2.24) is 0 Å². The number of carbonyl (C=O) groups is 3. The van der Waals surface area contributed by atoms with Crippen LogP contribution in [0.4, 0.5) is 0 Å². The molecule has 8 aliphatic carbocycles. The predicted molar refractivity (Wildman–Crippen MR) is 137 cm³/mol. The smallest absolute Gasteiger partial charge is 0.359 e. The third-order valence-electron chi connectivity index (χ3n) is 12.2. The standard InChI is InChI=1S/C31H46O6/c1-6-29(2,3)28(34)35-25(26(32)36-30(4)21-9-17-7-18(11-21)12-22(30)10-17)27(33)37-31(5)23-13-19-8-20(15-23)16-24(31)14-19/h17-25H,6-16H2,1-5H3. The Kier molecular flexibility index (Phi) is 6.04. The van der Waals surface area contributed by atoms with E-state index in [0.717, 1.165) is 75.0 Å². The molecule has 0 unspecified atom stereocenters. The molecule has 8 bridgehead atoms. The highest BCUT2D eigenvalue weighted by molar-refractivity contribution is 6.00. The summed E-state index contributed by atoms with van der Waals surface area (Å²) < 4.78 is 18.3. The van der Waals surface area contributed by atoms with Crippen LogP contribution in [0.5, 0.6) is 0 Å². The molecule has 0 heterocycles. The second-order valence-corrected chi connectivity index (χ2v) is 14.8. The first-order valence-electron chi connectivity index (χ1n) is 15.1. The Bertz CT molecular complexity index is 847. The second kappa shape index (κ2) is 8.71. The molecule has 0 aliphatic heterocycles. The van der Waals surface area contributed by atoms with E-state index in [4.69, 9.17) is 14.2 Å². The van der Waals surface area contributed by atoms with E-state index in [2.05, 4.69) is 13.8 Å². The first-order valence-corrected chi connectivity index (χ1v) is 15.1. The molecule has 0 spiro atoms. The Hall–Kier alpha value is -1.59. The van der Waals surface area contributed by atoms with Crippen LogP contribution in [0.1, 0.15) is 105 Å². The van der Waals surface area contributed by atoms with Gasteiger partial charge in [0.05, 0.1) is 5.41 Å². The molecule has 0 radical (unpaired) electrons. The summed E-state index contributed by atoms with van der Waals surface area (Å²) in [6.45, 7) is 9.56. The van der Waals surface area contributed by atoms with Gasteiger partial charge in [0.1, 0.15) is 11.2 Å². The van der Waals surface area contributed by atoms with Gasteiger partial charge in [0, 0.05) is 0 Å². The lowest BCUT2D eigenvalue weighted by Crippen LogP contribution is -2.61. The van der Waals surface area contributed by atoms with Crippen LogP contribution in [-0.4, -0.2) is 35.2 Å². The van der Waals surface area contributed by atoms with Gasteiger partial charge in [-0.05, 0) is 146 Å². The minimum Gasteiger partial charge on any atom is -0.456 e. The summed E-state index contributed by atoms with van der Waals surface area (Å²) in [7, 11) is 0. The third-order valence-corrected chi connectivity index (χ3v) is 12.2. The van der Waals surface area contributed by atoms with Crippen molar-refractivity contribution in [3.8, 4) is 0 Å². The van der Waals surface area contributed by atoms with E-state index >= 15 is 0 Å². The van der Waals surface area contributed by atoms with Crippen molar-refractivity contribution in [2.45, 2.75) is 123 Å². The monoisotopic (exact) mass is 514 g/mol. The van der Waals surface area contributed by atoms with Gasteiger partial charge >= 0.3 is 17.9 Å². The molecular weight excluding hydrogens is 468 g/mol. The molecule has 8 saturated carbocycles. The Morgan fingerprint density at radius 3 is 1.30 bits per heavy atom. The average Bonchev–Trinajstić information content (AvgIpc) is 2.83. The van der Waals surface area contributed by atoms with Crippen molar-refractivity contribution in [2.24, 2.45) is 52.8 Å². The number of carbonyl (C=O) groups excluding carboxylic acids is 3. The highest BCUT2D eigenvalue weighted by atomic mass is 16.6. The highest BCUT2D eigenvalue weighted by Crippen LogP contribution is 2.61. The summed E-state index contributed by atoms with van der Waals surface area (Å²) in [6, 6.07) is 0. The Balaban J connectivity index is 1.23. The highest BCUT2D eigenvalue weighted by Gasteiger charge is 2.60. The first kappa shape index (κ1) is 25.7. The normalized spacial score (nSPS) is 46.0. The Morgan fingerprint density at radius 2 is 1.00 bits per heavy atom. The molecule has 0 atom stereocenters. The van der Waals surface area contributed by atoms with E-state index in [-0.39, 0.29) is 0 Å². The first-order chi connectivity index (χ1) is 17.4. The van der Waals surface area contributed by atoms with Crippen LogP contribution in [0, 0.1) is 52.8 Å². The zero-order chi connectivity index (χ0) is 26.3. The predicted octanol–water partition coefficient (Wildman–Crippen LogP) is 5.85. The van der Waals surface area contributed by atoms with E-state index in [1.165, 1.54) is 12.8 Å². The largest absolute Gasteiger partial charge is 0.456 e. The summed E-state index contributed by atoms with van der Waals surface area (Å²) in [6.07, 6.45) is 10.1. The van der Waals surface area contributed by atoms with Crippen molar-refractivity contribution >= 4 is 17.9 Å². The second-order valence-electron chi connectivity index (χ2n) is 14.8. The van der Waals surface area contributed by atoms with Gasteiger partial charge in [-0.1, -0.05) is 6.92 Å². The van der Waals surface area contributed by atoms with Gasteiger partial charge in [0.15, 0.2) is 0 Å². The van der Waals surface area contributed by atoms with Crippen LogP contribution in [0.2, 0.25) is 0 Å². The van der Waals surface area contributed by atoms with E-state index < -0.39 is 40.6 Å². The van der Waals surface area contributed by atoms with Gasteiger partial charge in [-0.15, -0.1) is 0 Å². The van der Waals surface area contributed by atoms with Crippen LogP contribution in [0.25, 0.3) is 0 Å². The zero-order valence-corrected chi connectivity index (χ0v) is 23.4. The zero-order valence-electron chi connectivity index (χ0n) is 23.4. The van der Waals surface area contributed by atoms with Crippen molar-refractivity contribution in [3.05, 3.63) is 0 Å². The topological polar surface area (TPSA) is 78.9 Å². The fraction of sp³-hybridized carbons (Fsp3) is 0.903. The average molecular weight is 515 g/mol. The summed E-state index contributed by atoms with van der Waals surface area (Å²) in [5, 5.41) is 0. The minimum atomic E-state index is -1.67. The van der Waals surface area contributed by atoms with Crippen LogP contribution in [0.3, 0.4) is 0 Å². The lowest BCUT2D eigenvalue weighted by Gasteiger charge is -2.59. The molecule has 0 saturated heterocycles. The Morgan fingerprint density at radius 1 is 0.676 bits per heavy atom. The molecular formula is C31H46O6. The molecule has 0 aromatic heterocycles. The summed E-state index contributed by atoms with van der Waals surface area (Å²) in [5.74, 6) is 2.14. The quantitative estimate of drug-likeness (QED) is 0.241. The maximum atomic E-state index is 13.8. The molecule has 206 valence electrons. The van der Waals surface area contributed by atoms with Gasteiger partial charge in [0.2, 0.25) is 0 Å². The molecule has 37 heavy (non-hydrogen) atoms. The molecule has 8 fully saturated rings. The minimum absolute atomic E-state index is 0.314. The van der Waals surface area contributed by atoms with Crippen LogP contribution < -0.4 is 0 Å². The fourth-order valence-electron chi connectivity index (χ4n) is 9.72. The van der Waals surface area contributed by atoms with E-state index in [1.54, 1.807) is 13.8 Å². The van der Waals surface area contributed by atoms with E-state index in [9.17, 15) is 14.4 Å². The van der Waals surface area contributed by atoms with Gasteiger partial charge in [0.25, 0.3) is 6.10 Å². The SMILES string of the molecule is CCC(C)(C)C(=O)OC(C(=O)OC1(C)C2CC3CC(C2)CC1C3)C(=O)OC1(C)C2CC3CC(C2)CC1C3. The summed E-state index contributed by atoms with van der Waals surface area (Å²) in [4.78, 5) is 40.7. The molecule has 0 N–H and O–H groups in total. The number of ether oxygens (including phenoxy) is 3. The van der Waals surface area contributed by atoms with Crippen LogP contribution in [-0.2, 0) is 28.6 Å². The van der Waals surface area contributed by atoms with Crippen molar-refractivity contribution in [2.75, 3.05) is 0 Å². The van der Waals surface area contributed by atoms with Crippen LogP contribution >= 0.6 is 0 Å². The number of rotatable bonds is 7. The molecule has 8 rings (SSSR count). The molecule has 0 aromatic carbocycles. The molecule has 0 amide bonds.